The maximum absolute atomic E-state index is 13.1. The van der Waals surface area contributed by atoms with Crippen molar-refractivity contribution in [3.05, 3.63) is 0 Å². The third-order valence-corrected chi connectivity index (χ3v) is 19.8. The Labute approximate surface area is 581 Å². The number of rotatable bonds is 77. The van der Waals surface area contributed by atoms with Gasteiger partial charge in [0.25, 0.3) is 0 Å². The summed E-state index contributed by atoms with van der Waals surface area (Å²) < 4.78 is 68.5. The maximum Gasteiger partial charge on any atom is 0.472 e. The molecule has 0 saturated heterocycles. The zero-order valence-corrected chi connectivity index (χ0v) is 63.4. The second kappa shape index (κ2) is 70.5. The van der Waals surface area contributed by atoms with Crippen LogP contribution in [0.3, 0.4) is 0 Å². The van der Waals surface area contributed by atoms with Crippen LogP contribution >= 0.6 is 15.6 Å². The minimum Gasteiger partial charge on any atom is -0.462 e. The number of aliphatic hydroxyl groups is 1. The molecule has 0 radical (unpaired) electrons. The van der Waals surface area contributed by atoms with Crippen LogP contribution in [0.5, 0.6) is 0 Å². The van der Waals surface area contributed by atoms with Gasteiger partial charge < -0.3 is 33.8 Å². The average Bonchev–Trinajstić information content (AvgIpc) is 1.40. The zero-order chi connectivity index (χ0) is 69.7. The standard InChI is InChI=1S/C76H148O17P2/c1-5-9-13-17-21-25-29-31-33-35-37-39-41-43-47-51-55-59-63-76(81)93-72(67-87-74(79)61-57-53-49-46-42-40-38-36-34-32-30-26-22-18-14-10-6-2)69-91-95(84,85)89-65-70(77)64-88-94(82,83)90-68-71(92-75(80)62-58-54-50-45-28-24-20-16-12-8-4)66-86-73(78)60-56-52-48-44-27-23-19-15-11-7-3/h70-72,77H,5-69H2,1-4H3,(H,82,83)(H,84,85)/t70-,71+,72+/m0/s1. The van der Waals surface area contributed by atoms with E-state index in [2.05, 4.69) is 27.7 Å². The van der Waals surface area contributed by atoms with E-state index >= 15 is 0 Å². The smallest absolute Gasteiger partial charge is 0.462 e. The molecule has 0 aliphatic rings. The SMILES string of the molecule is CCCCCCCCCCCCCCCCCCCCC(=O)O[C@H](COC(=O)CCCCCCCCCCCCCCCCCCC)COP(=O)(O)OC[C@@H](O)COP(=O)(O)OC[C@@H](COC(=O)CCCCCCCCCCCC)OC(=O)CCCCCCCCCCCC. The second-order valence-corrected chi connectivity index (χ2v) is 30.3. The van der Waals surface area contributed by atoms with Crippen LogP contribution in [-0.4, -0.2) is 96.7 Å². The molecular weight excluding hydrogens is 1250 g/mol. The second-order valence-electron chi connectivity index (χ2n) is 27.4. The van der Waals surface area contributed by atoms with E-state index in [1.807, 2.05) is 0 Å². The van der Waals surface area contributed by atoms with Crippen LogP contribution in [0.2, 0.25) is 0 Å². The number of hydrogen-bond donors (Lipinski definition) is 3. The number of unbranched alkanes of at least 4 members (excludes halogenated alkanes) is 51. The van der Waals surface area contributed by atoms with Crippen molar-refractivity contribution < 1.29 is 80.2 Å². The van der Waals surface area contributed by atoms with Crippen molar-refractivity contribution in [1.82, 2.24) is 0 Å². The molecule has 0 saturated carbocycles. The van der Waals surface area contributed by atoms with Gasteiger partial charge in [0.2, 0.25) is 0 Å². The van der Waals surface area contributed by atoms with Gasteiger partial charge in [0.1, 0.15) is 19.3 Å². The number of hydrogen-bond acceptors (Lipinski definition) is 15. The maximum atomic E-state index is 13.1. The lowest BCUT2D eigenvalue weighted by atomic mass is 10.0. The molecule has 0 aromatic carbocycles. The highest BCUT2D eigenvalue weighted by molar-refractivity contribution is 7.47. The van der Waals surface area contributed by atoms with Gasteiger partial charge in [-0.2, -0.15) is 0 Å². The van der Waals surface area contributed by atoms with Gasteiger partial charge >= 0.3 is 39.5 Å². The molecule has 0 aromatic rings. The van der Waals surface area contributed by atoms with Crippen LogP contribution in [0.25, 0.3) is 0 Å². The Kier molecular flexibility index (Phi) is 69.1. The summed E-state index contributed by atoms with van der Waals surface area (Å²) in [6, 6.07) is 0. The van der Waals surface area contributed by atoms with E-state index < -0.39 is 97.5 Å². The molecule has 0 rings (SSSR count). The number of carbonyl (C=O) groups excluding carboxylic acids is 4. The van der Waals surface area contributed by atoms with Crippen molar-refractivity contribution in [1.29, 1.82) is 0 Å². The molecule has 5 atom stereocenters. The van der Waals surface area contributed by atoms with Crippen LogP contribution in [0.4, 0.5) is 0 Å². The summed E-state index contributed by atoms with van der Waals surface area (Å²) in [5.41, 5.74) is 0. The summed E-state index contributed by atoms with van der Waals surface area (Å²) >= 11 is 0. The third-order valence-electron chi connectivity index (χ3n) is 17.9. The number of esters is 4. The predicted molar refractivity (Wildman–Crippen MR) is 386 cm³/mol. The molecule has 0 fully saturated rings. The molecule has 0 aliphatic carbocycles. The summed E-state index contributed by atoms with van der Waals surface area (Å²) in [6.07, 6.45) is 61.0. The minimum absolute atomic E-state index is 0.107. The fraction of sp³-hybridized carbons (Fsp3) is 0.947. The summed E-state index contributed by atoms with van der Waals surface area (Å²) in [5, 5.41) is 10.6. The quantitative estimate of drug-likeness (QED) is 0.0222. The monoisotopic (exact) mass is 1400 g/mol. The predicted octanol–water partition coefficient (Wildman–Crippen LogP) is 22.6. The van der Waals surface area contributed by atoms with E-state index in [1.54, 1.807) is 0 Å². The van der Waals surface area contributed by atoms with Crippen LogP contribution in [0.1, 0.15) is 407 Å². The van der Waals surface area contributed by atoms with Gasteiger partial charge in [-0.05, 0) is 25.7 Å². The fourth-order valence-corrected chi connectivity index (χ4v) is 13.3. The van der Waals surface area contributed by atoms with E-state index in [0.717, 1.165) is 89.9 Å². The molecule has 0 spiro atoms. The normalized spacial score (nSPS) is 13.9. The first-order valence-corrected chi connectivity index (χ1v) is 42.8. The van der Waals surface area contributed by atoms with Gasteiger partial charge in [0, 0.05) is 25.7 Å². The van der Waals surface area contributed by atoms with Crippen molar-refractivity contribution >= 4 is 39.5 Å². The Bertz CT molecular complexity index is 1810. The number of carbonyl (C=O) groups is 4. The van der Waals surface area contributed by atoms with Gasteiger partial charge in [-0.3, -0.25) is 37.3 Å². The first kappa shape index (κ1) is 93.1. The van der Waals surface area contributed by atoms with Crippen LogP contribution < -0.4 is 0 Å². The Hall–Kier alpha value is -1.94. The van der Waals surface area contributed by atoms with Crippen molar-refractivity contribution in [3.63, 3.8) is 0 Å². The average molecular weight is 1400 g/mol. The Balaban J connectivity index is 5.21. The Morgan fingerprint density at radius 2 is 0.421 bits per heavy atom. The highest BCUT2D eigenvalue weighted by Crippen LogP contribution is 2.45. The highest BCUT2D eigenvalue weighted by atomic mass is 31.2. The van der Waals surface area contributed by atoms with Crippen LogP contribution in [-0.2, 0) is 65.4 Å². The molecule has 3 N–H and O–H groups in total. The summed E-state index contributed by atoms with van der Waals surface area (Å²) in [5.74, 6) is -2.11. The molecule has 19 heteroatoms. The summed E-state index contributed by atoms with van der Waals surface area (Å²) in [6.45, 7) is 4.98. The van der Waals surface area contributed by atoms with Gasteiger partial charge in [-0.1, -0.05) is 355 Å². The molecule has 0 bridgehead atoms. The van der Waals surface area contributed by atoms with Crippen molar-refractivity contribution in [2.45, 2.75) is 425 Å². The van der Waals surface area contributed by atoms with Gasteiger partial charge in [-0.15, -0.1) is 0 Å². The van der Waals surface area contributed by atoms with Crippen LogP contribution in [0, 0.1) is 0 Å². The van der Waals surface area contributed by atoms with E-state index in [-0.39, 0.29) is 25.7 Å². The van der Waals surface area contributed by atoms with Crippen molar-refractivity contribution in [2.24, 2.45) is 0 Å². The fourth-order valence-electron chi connectivity index (χ4n) is 11.8. The van der Waals surface area contributed by atoms with Gasteiger partial charge in [0.15, 0.2) is 12.2 Å². The lowest BCUT2D eigenvalue weighted by Crippen LogP contribution is -2.30. The molecule has 0 amide bonds. The van der Waals surface area contributed by atoms with Crippen LogP contribution in [0.15, 0.2) is 0 Å². The first-order valence-electron chi connectivity index (χ1n) is 39.8. The molecular formula is C76H148O17P2. The van der Waals surface area contributed by atoms with E-state index in [4.69, 9.17) is 37.0 Å². The summed E-state index contributed by atoms with van der Waals surface area (Å²) in [4.78, 5) is 72.7. The Morgan fingerprint density at radius 1 is 0.253 bits per heavy atom. The lowest BCUT2D eigenvalue weighted by Gasteiger charge is -2.21. The molecule has 17 nitrogen and oxygen atoms in total. The Morgan fingerprint density at radius 3 is 0.621 bits per heavy atom. The number of phosphoric ester groups is 2. The molecule has 0 aliphatic heterocycles. The largest absolute Gasteiger partial charge is 0.472 e. The zero-order valence-electron chi connectivity index (χ0n) is 61.6. The summed E-state index contributed by atoms with van der Waals surface area (Å²) in [7, 11) is -9.90. The lowest BCUT2D eigenvalue weighted by molar-refractivity contribution is -0.161. The topological polar surface area (TPSA) is 237 Å². The van der Waals surface area contributed by atoms with Crippen molar-refractivity contribution in [3.8, 4) is 0 Å². The molecule has 95 heavy (non-hydrogen) atoms. The van der Waals surface area contributed by atoms with E-state index in [0.29, 0.717) is 25.7 Å². The van der Waals surface area contributed by atoms with Crippen molar-refractivity contribution in [2.75, 3.05) is 39.6 Å². The highest BCUT2D eigenvalue weighted by Gasteiger charge is 2.30. The number of ether oxygens (including phenoxy) is 4. The van der Waals surface area contributed by atoms with E-state index in [9.17, 15) is 43.2 Å². The molecule has 2 unspecified atom stereocenters. The number of phosphoric acid groups is 2. The molecule has 0 aromatic heterocycles. The van der Waals surface area contributed by atoms with Gasteiger partial charge in [-0.25, -0.2) is 9.13 Å². The minimum atomic E-state index is -4.96. The first-order chi connectivity index (χ1) is 46.2. The van der Waals surface area contributed by atoms with E-state index in [1.165, 1.54) is 238 Å². The third kappa shape index (κ3) is 70.3. The number of aliphatic hydroxyl groups excluding tert-OH is 1. The van der Waals surface area contributed by atoms with Gasteiger partial charge in [0.05, 0.1) is 26.4 Å². The molecule has 0 heterocycles. The molecule has 564 valence electrons.